The van der Waals surface area contributed by atoms with Gasteiger partial charge in [0.15, 0.2) is 11.7 Å². The third-order valence-electron chi connectivity index (χ3n) is 2.34. The van der Waals surface area contributed by atoms with Crippen LogP contribution in [0.1, 0.15) is 5.89 Å². The van der Waals surface area contributed by atoms with Crippen molar-refractivity contribution in [1.82, 2.24) is 4.98 Å². The Labute approximate surface area is 111 Å². The predicted molar refractivity (Wildman–Crippen MR) is 62.9 cm³/mol. The average molecular weight is 289 g/mol. The quantitative estimate of drug-likeness (QED) is 0.492. The molecule has 19 heavy (non-hydrogen) atoms. The Bertz CT molecular complexity index is 630. The van der Waals surface area contributed by atoms with Gasteiger partial charge in [0.2, 0.25) is 5.82 Å². The van der Waals surface area contributed by atoms with Crippen LogP contribution in [0.5, 0.6) is 0 Å². The van der Waals surface area contributed by atoms with Gasteiger partial charge in [0.1, 0.15) is 5.82 Å². The van der Waals surface area contributed by atoms with Gasteiger partial charge in [-0.05, 0) is 6.07 Å². The Kier molecular flexibility index (Phi) is 3.75. The molecule has 1 heterocycles. The van der Waals surface area contributed by atoms with Gasteiger partial charge in [-0.3, -0.25) is 10.1 Å². The first-order valence-electron chi connectivity index (χ1n) is 5.17. The summed E-state index contributed by atoms with van der Waals surface area (Å²) in [6, 6.07) is 1.32. The summed E-state index contributed by atoms with van der Waals surface area (Å²) in [4.78, 5) is 13.4. The first-order chi connectivity index (χ1) is 9.02. The lowest BCUT2D eigenvalue weighted by molar-refractivity contribution is -0.387. The molecule has 0 bridgehead atoms. The molecule has 0 N–H and O–H groups in total. The van der Waals surface area contributed by atoms with Gasteiger partial charge in [-0.2, -0.15) is 4.39 Å². The Morgan fingerprint density at radius 3 is 2.79 bits per heavy atom. The molecule has 0 fully saturated rings. The van der Waals surface area contributed by atoms with E-state index in [0.717, 1.165) is 6.07 Å². The van der Waals surface area contributed by atoms with E-state index in [4.69, 9.17) is 16.0 Å². The summed E-state index contributed by atoms with van der Waals surface area (Å²) in [6.45, 7) is 0. The maximum absolute atomic E-state index is 13.9. The largest absolute Gasteiger partial charge is 0.441 e. The molecule has 0 aliphatic carbocycles. The standard InChI is InChI=1S/C11H7ClF2N2O3/c12-2-1-10-15-5-9(19-10)7-3-6(13)4-8(11(7)14)16(17)18/h3-5H,1-2H2. The molecule has 2 aromatic rings. The second kappa shape index (κ2) is 5.31. The van der Waals surface area contributed by atoms with Crippen molar-refractivity contribution in [3.63, 3.8) is 0 Å². The zero-order valence-electron chi connectivity index (χ0n) is 9.40. The molecule has 0 saturated heterocycles. The molecule has 1 aromatic heterocycles. The molecule has 0 atom stereocenters. The molecule has 0 unspecified atom stereocenters. The maximum Gasteiger partial charge on any atom is 0.308 e. The van der Waals surface area contributed by atoms with Gasteiger partial charge in [-0.15, -0.1) is 11.6 Å². The smallest absolute Gasteiger partial charge is 0.308 e. The summed E-state index contributed by atoms with van der Waals surface area (Å²) < 4.78 is 32.3. The monoisotopic (exact) mass is 288 g/mol. The van der Waals surface area contributed by atoms with E-state index in [1.807, 2.05) is 0 Å². The SMILES string of the molecule is O=[N+]([O-])c1cc(F)cc(-c2cnc(CCCl)o2)c1F. The van der Waals surface area contributed by atoms with E-state index in [2.05, 4.69) is 4.98 Å². The van der Waals surface area contributed by atoms with Crippen LogP contribution in [0.4, 0.5) is 14.5 Å². The highest BCUT2D eigenvalue weighted by molar-refractivity contribution is 6.17. The highest BCUT2D eigenvalue weighted by atomic mass is 35.5. The van der Waals surface area contributed by atoms with Crippen LogP contribution in [0.15, 0.2) is 22.7 Å². The minimum absolute atomic E-state index is 0.0831. The van der Waals surface area contributed by atoms with E-state index < -0.39 is 22.2 Å². The number of nitro benzene ring substituents is 1. The minimum Gasteiger partial charge on any atom is -0.441 e. The lowest BCUT2D eigenvalue weighted by atomic mass is 10.1. The molecule has 0 saturated carbocycles. The lowest BCUT2D eigenvalue weighted by Crippen LogP contribution is -1.96. The van der Waals surface area contributed by atoms with E-state index in [9.17, 15) is 18.9 Å². The van der Waals surface area contributed by atoms with Crippen LogP contribution in [0.2, 0.25) is 0 Å². The Morgan fingerprint density at radius 1 is 1.42 bits per heavy atom. The number of hydrogen-bond donors (Lipinski definition) is 0. The number of aromatic nitrogens is 1. The normalized spacial score (nSPS) is 10.7. The molecule has 5 nitrogen and oxygen atoms in total. The number of alkyl halides is 1. The summed E-state index contributed by atoms with van der Waals surface area (Å²) in [6.07, 6.45) is 1.49. The maximum atomic E-state index is 13.9. The predicted octanol–water partition coefficient (Wildman–Crippen LogP) is 3.31. The molecule has 100 valence electrons. The van der Waals surface area contributed by atoms with Crippen LogP contribution >= 0.6 is 11.6 Å². The van der Waals surface area contributed by atoms with Crippen molar-refractivity contribution >= 4 is 17.3 Å². The molecule has 2 rings (SSSR count). The van der Waals surface area contributed by atoms with Crippen molar-refractivity contribution in [2.75, 3.05) is 5.88 Å². The fourth-order valence-electron chi connectivity index (χ4n) is 1.52. The number of aryl methyl sites for hydroxylation is 1. The zero-order chi connectivity index (χ0) is 14.0. The first-order valence-corrected chi connectivity index (χ1v) is 5.71. The van der Waals surface area contributed by atoms with Crippen LogP contribution in [0.3, 0.4) is 0 Å². The van der Waals surface area contributed by atoms with Gasteiger partial charge < -0.3 is 4.42 Å². The third kappa shape index (κ3) is 2.70. The Balaban J connectivity index is 2.51. The van der Waals surface area contributed by atoms with Gasteiger partial charge in [0, 0.05) is 12.3 Å². The van der Waals surface area contributed by atoms with Crippen molar-refractivity contribution in [2.45, 2.75) is 6.42 Å². The van der Waals surface area contributed by atoms with Crippen LogP contribution in [-0.2, 0) is 6.42 Å². The molecule has 0 radical (unpaired) electrons. The van der Waals surface area contributed by atoms with Crippen LogP contribution < -0.4 is 0 Å². The molecular formula is C11H7ClF2N2O3. The highest BCUT2D eigenvalue weighted by Gasteiger charge is 2.23. The summed E-state index contributed by atoms with van der Waals surface area (Å²) in [5, 5.41) is 10.6. The van der Waals surface area contributed by atoms with Gasteiger partial charge in [0.25, 0.3) is 0 Å². The molecular weight excluding hydrogens is 282 g/mol. The fourth-order valence-corrected chi connectivity index (χ4v) is 1.68. The van der Waals surface area contributed by atoms with Gasteiger partial charge in [-0.25, -0.2) is 9.37 Å². The second-order valence-electron chi connectivity index (χ2n) is 3.60. The van der Waals surface area contributed by atoms with E-state index in [1.165, 1.54) is 6.20 Å². The number of hydrogen-bond acceptors (Lipinski definition) is 4. The van der Waals surface area contributed by atoms with Crippen LogP contribution in [0.25, 0.3) is 11.3 Å². The Hall–Kier alpha value is -2.02. The highest BCUT2D eigenvalue weighted by Crippen LogP contribution is 2.30. The van der Waals surface area contributed by atoms with Gasteiger partial charge in [0.05, 0.1) is 22.7 Å². The fraction of sp³-hybridized carbons (Fsp3) is 0.182. The van der Waals surface area contributed by atoms with Crippen LogP contribution in [-0.4, -0.2) is 15.8 Å². The topological polar surface area (TPSA) is 69.2 Å². The lowest BCUT2D eigenvalue weighted by Gasteiger charge is -2.00. The van der Waals surface area contributed by atoms with E-state index in [1.54, 1.807) is 0 Å². The first kappa shape index (κ1) is 13.4. The van der Waals surface area contributed by atoms with Gasteiger partial charge >= 0.3 is 5.69 Å². The van der Waals surface area contributed by atoms with E-state index in [0.29, 0.717) is 12.5 Å². The van der Waals surface area contributed by atoms with E-state index in [-0.39, 0.29) is 23.1 Å². The van der Waals surface area contributed by atoms with Crippen LogP contribution in [0, 0.1) is 21.7 Å². The van der Waals surface area contributed by atoms with Crippen molar-refractivity contribution in [3.05, 3.63) is 46.0 Å². The summed E-state index contributed by atoms with van der Waals surface area (Å²) in [7, 11) is 0. The Morgan fingerprint density at radius 2 is 2.16 bits per heavy atom. The molecule has 8 heteroatoms. The van der Waals surface area contributed by atoms with Crippen molar-refractivity contribution in [3.8, 4) is 11.3 Å². The number of nitrogens with zero attached hydrogens (tertiary/aromatic N) is 2. The number of rotatable bonds is 4. The molecule has 0 spiro atoms. The molecule has 1 aromatic carbocycles. The molecule has 0 aliphatic rings. The summed E-state index contributed by atoms with van der Waals surface area (Å²) in [5.74, 6) is -1.68. The minimum atomic E-state index is -1.17. The number of benzene rings is 1. The number of oxazole rings is 1. The summed E-state index contributed by atoms with van der Waals surface area (Å²) >= 11 is 5.49. The molecule has 0 aliphatic heterocycles. The van der Waals surface area contributed by atoms with Crippen molar-refractivity contribution in [1.29, 1.82) is 0 Å². The average Bonchev–Trinajstić information content (AvgIpc) is 2.80. The molecule has 0 amide bonds. The van der Waals surface area contributed by atoms with Crippen molar-refractivity contribution < 1.29 is 18.1 Å². The van der Waals surface area contributed by atoms with E-state index >= 15 is 0 Å². The second-order valence-corrected chi connectivity index (χ2v) is 3.98. The summed E-state index contributed by atoms with van der Waals surface area (Å²) in [5.41, 5.74) is -1.30. The third-order valence-corrected chi connectivity index (χ3v) is 2.53. The van der Waals surface area contributed by atoms with Crippen molar-refractivity contribution in [2.24, 2.45) is 0 Å². The zero-order valence-corrected chi connectivity index (χ0v) is 10.2. The number of nitro groups is 1. The van der Waals surface area contributed by atoms with Gasteiger partial charge in [-0.1, -0.05) is 0 Å². The number of halogens is 3.